The van der Waals surface area contributed by atoms with Crippen molar-refractivity contribution < 1.29 is 28.8 Å². The Hall–Kier alpha value is -0.240. The molecule has 1 N–H and O–H groups in total. The van der Waals surface area contributed by atoms with E-state index in [9.17, 15) is 5.11 Å². The zero-order valence-corrected chi connectivity index (χ0v) is 15.7. The minimum absolute atomic E-state index is 0.331. The number of aliphatic hydroxyl groups excluding tert-OH is 1. The van der Waals surface area contributed by atoms with Gasteiger partial charge in [-0.1, -0.05) is 39.5 Å². The summed E-state index contributed by atoms with van der Waals surface area (Å²) in [6, 6.07) is 0. The number of hydrogen-bond donors (Lipinski definition) is 1. The van der Waals surface area contributed by atoms with Crippen molar-refractivity contribution in [3.63, 3.8) is 0 Å². The van der Waals surface area contributed by atoms with E-state index in [4.69, 9.17) is 23.7 Å². The van der Waals surface area contributed by atoms with Crippen LogP contribution in [0.3, 0.4) is 0 Å². The van der Waals surface area contributed by atoms with Gasteiger partial charge in [-0.25, -0.2) is 0 Å². The number of aliphatic hydroxyl groups is 1. The maximum Gasteiger partial charge on any atom is 0.186 e. The van der Waals surface area contributed by atoms with Crippen LogP contribution in [0.25, 0.3) is 0 Å². The van der Waals surface area contributed by atoms with Crippen molar-refractivity contribution in [1.29, 1.82) is 0 Å². The molecule has 1 heterocycles. The van der Waals surface area contributed by atoms with E-state index in [-0.39, 0.29) is 0 Å². The molecule has 1 aliphatic heterocycles. The lowest BCUT2D eigenvalue weighted by atomic mass is 9.98. The molecule has 144 valence electrons. The van der Waals surface area contributed by atoms with Crippen LogP contribution in [-0.2, 0) is 23.7 Å². The Morgan fingerprint density at radius 2 is 1.62 bits per heavy atom. The Bertz CT molecular complexity index is 301. The molecule has 24 heavy (non-hydrogen) atoms. The fourth-order valence-corrected chi connectivity index (χ4v) is 2.92. The first-order valence-corrected chi connectivity index (χ1v) is 9.28. The summed E-state index contributed by atoms with van der Waals surface area (Å²) in [7, 11) is 3.14. The summed E-state index contributed by atoms with van der Waals surface area (Å²) >= 11 is 0. The summed E-state index contributed by atoms with van der Waals surface area (Å²) in [6.45, 7) is 5.80. The molecule has 0 aromatic heterocycles. The predicted octanol–water partition coefficient (Wildman–Crippen LogP) is 2.52. The lowest BCUT2D eigenvalue weighted by Gasteiger charge is -2.43. The highest BCUT2D eigenvalue weighted by Gasteiger charge is 2.46. The Labute approximate surface area is 146 Å². The molecule has 0 amide bonds. The van der Waals surface area contributed by atoms with Crippen LogP contribution in [0.5, 0.6) is 0 Å². The molecule has 6 heteroatoms. The average Bonchev–Trinajstić information content (AvgIpc) is 2.60. The lowest BCUT2D eigenvalue weighted by molar-refractivity contribution is -0.307. The minimum Gasteiger partial charge on any atom is -0.387 e. The zero-order valence-electron chi connectivity index (χ0n) is 15.7. The minimum atomic E-state index is -0.798. The third kappa shape index (κ3) is 6.94. The Kier molecular flexibility index (Phi) is 11.8. The van der Waals surface area contributed by atoms with E-state index in [1.54, 1.807) is 14.2 Å². The molecule has 0 aromatic rings. The average molecular weight is 348 g/mol. The molecule has 0 spiro atoms. The van der Waals surface area contributed by atoms with E-state index in [0.29, 0.717) is 19.8 Å². The van der Waals surface area contributed by atoms with Crippen molar-refractivity contribution >= 4 is 0 Å². The van der Waals surface area contributed by atoms with Crippen molar-refractivity contribution in [3.8, 4) is 0 Å². The van der Waals surface area contributed by atoms with Gasteiger partial charge < -0.3 is 28.8 Å². The molecular formula is C18H36O6. The summed E-state index contributed by atoms with van der Waals surface area (Å²) in [4.78, 5) is 0. The highest BCUT2D eigenvalue weighted by molar-refractivity contribution is 4.91. The van der Waals surface area contributed by atoms with Crippen molar-refractivity contribution in [1.82, 2.24) is 0 Å². The summed E-state index contributed by atoms with van der Waals surface area (Å²) in [6.07, 6.45) is 4.06. The van der Waals surface area contributed by atoms with Gasteiger partial charge in [-0.2, -0.15) is 0 Å². The van der Waals surface area contributed by atoms with E-state index in [1.165, 1.54) is 25.7 Å². The Morgan fingerprint density at radius 3 is 2.25 bits per heavy atom. The second-order valence-corrected chi connectivity index (χ2v) is 6.29. The van der Waals surface area contributed by atoms with Crippen LogP contribution in [0.4, 0.5) is 0 Å². The molecule has 1 unspecified atom stereocenters. The van der Waals surface area contributed by atoms with Gasteiger partial charge in [0.15, 0.2) is 6.29 Å². The number of unbranched alkanes of at least 4 members (excludes halogenated alkanes) is 4. The molecule has 5 atom stereocenters. The van der Waals surface area contributed by atoms with Crippen LogP contribution in [0.2, 0.25) is 0 Å². The molecule has 1 saturated heterocycles. The molecule has 0 aromatic carbocycles. The van der Waals surface area contributed by atoms with Gasteiger partial charge in [-0.05, 0) is 12.8 Å². The quantitative estimate of drug-likeness (QED) is 0.516. The van der Waals surface area contributed by atoms with Crippen molar-refractivity contribution in [2.75, 3.05) is 34.0 Å². The Balaban J connectivity index is 2.44. The smallest absolute Gasteiger partial charge is 0.186 e. The molecule has 6 nitrogen and oxygen atoms in total. The largest absolute Gasteiger partial charge is 0.387 e. The molecular weight excluding hydrogens is 312 g/mol. The van der Waals surface area contributed by atoms with Crippen molar-refractivity contribution in [2.24, 2.45) is 0 Å². The second-order valence-electron chi connectivity index (χ2n) is 6.29. The van der Waals surface area contributed by atoms with Gasteiger partial charge in [-0.15, -0.1) is 0 Å². The topological polar surface area (TPSA) is 66.4 Å². The van der Waals surface area contributed by atoms with Crippen LogP contribution in [-0.4, -0.2) is 69.9 Å². The number of ether oxygens (including phenoxy) is 5. The molecule has 0 bridgehead atoms. The van der Waals surface area contributed by atoms with Crippen LogP contribution >= 0.6 is 0 Å². The fourth-order valence-electron chi connectivity index (χ4n) is 2.92. The molecule has 1 rings (SSSR count). The summed E-state index contributed by atoms with van der Waals surface area (Å²) in [5, 5.41) is 10.6. The maximum atomic E-state index is 10.6. The third-order valence-corrected chi connectivity index (χ3v) is 4.31. The molecule has 0 aliphatic carbocycles. The SMILES string of the molecule is CCCCCCCOC[C@H]1OC(OC)[C@H](OC)[C@@H](OCCC)[C@@H]1O. The lowest BCUT2D eigenvalue weighted by Crippen LogP contribution is -2.60. The van der Waals surface area contributed by atoms with Gasteiger partial charge in [0.2, 0.25) is 0 Å². The normalized spacial score (nSPS) is 30.6. The van der Waals surface area contributed by atoms with Gasteiger partial charge in [0.1, 0.15) is 24.4 Å². The van der Waals surface area contributed by atoms with Crippen LogP contribution in [0.1, 0.15) is 52.4 Å². The van der Waals surface area contributed by atoms with Gasteiger partial charge in [0, 0.05) is 27.4 Å². The number of rotatable bonds is 13. The standard InChI is InChI=1S/C18H36O6/c1-5-7-8-9-10-12-22-13-14-15(19)16(23-11-6-2)17(20-3)18(21-4)24-14/h14-19H,5-13H2,1-4H3/t14-,15-,16+,17-,18?/m1/s1. The van der Waals surface area contributed by atoms with Gasteiger partial charge in [0.25, 0.3) is 0 Å². The van der Waals surface area contributed by atoms with Crippen LogP contribution < -0.4 is 0 Å². The van der Waals surface area contributed by atoms with Gasteiger partial charge >= 0.3 is 0 Å². The highest BCUT2D eigenvalue weighted by Crippen LogP contribution is 2.26. The number of hydrogen-bond acceptors (Lipinski definition) is 6. The highest BCUT2D eigenvalue weighted by atomic mass is 16.7. The van der Waals surface area contributed by atoms with E-state index in [2.05, 4.69) is 6.92 Å². The molecule has 1 aliphatic rings. The van der Waals surface area contributed by atoms with E-state index in [0.717, 1.165) is 12.8 Å². The summed E-state index contributed by atoms with van der Waals surface area (Å²) in [5.74, 6) is 0. The summed E-state index contributed by atoms with van der Waals surface area (Å²) < 4.78 is 28.1. The predicted molar refractivity (Wildman–Crippen MR) is 92.1 cm³/mol. The first-order valence-electron chi connectivity index (χ1n) is 9.28. The monoisotopic (exact) mass is 348 g/mol. The van der Waals surface area contributed by atoms with Crippen LogP contribution in [0.15, 0.2) is 0 Å². The first kappa shape index (κ1) is 21.8. The zero-order chi connectivity index (χ0) is 17.8. The van der Waals surface area contributed by atoms with E-state index in [1.807, 2.05) is 6.92 Å². The fraction of sp³-hybridized carbons (Fsp3) is 1.00. The molecule has 0 radical (unpaired) electrons. The van der Waals surface area contributed by atoms with Gasteiger partial charge in [-0.3, -0.25) is 0 Å². The van der Waals surface area contributed by atoms with Crippen molar-refractivity contribution in [3.05, 3.63) is 0 Å². The Morgan fingerprint density at radius 1 is 0.875 bits per heavy atom. The summed E-state index contributed by atoms with van der Waals surface area (Å²) in [5.41, 5.74) is 0. The van der Waals surface area contributed by atoms with E-state index < -0.39 is 30.7 Å². The number of methoxy groups -OCH3 is 2. The molecule has 0 saturated carbocycles. The molecule has 1 fully saturated rings. The van der Waals surface area contributed by atoms with E-state index >= 15 is 0 Å². The maximum absolute atomic E-state index is 10.6. The van der Waals surface area contributed by atoms with Crippen LogP contribution in [0, 0.1) is 0 Å². The third-order valence-electron chi connectivity index (χ3n) is 4.31. The first-order chi connectivity index (χ1) is 11.7. The van der Waals surface area contributed by atoms with Crippen molar-refractivity contribution in [2.45, 2.75) is 83.1 Å². The second kappa shape index (κ2) is 13.0. The van der Waals surface area contributed by atoms with Gasteiger partial charge in [0.05, 0.1) is 6.61 Å².